The van der Waals surface area contributed by atoms with Crippen LogP contribution in [0.15, 0.2) is 46.9 Å². The van der Waals surface area contributed by atoms with Crippen LogP contribution in [0.4, 0.5) is 10.1 Å². The summed E-state index contributed by atoms with van der Waals surface area (Å²) >= 11 is 3.41. The number of hydrogen-bond acceptors (Lipinski definition) is 2. The molecule has 22 heavy (non-hydrogen) atoms. The van der Waals surface area contributed by atoms with E-state index in [1.54, 1.807) is 24.1 Å². The topological polar surface area (TPSA) is 32.3 Å². The third kappa shape index (κ3) is 4.56. The van der Waals surface area contributed by atoms with E-state index in [9.17, 15) is 9.18 Å². The van der Waals surface area contributed by atoms with E-state index in [0.29, 0.717) is 6.54 Å². The molecular formula is C17H18BrFN2O. The number of carbonyl (C=O) groups is 1. The van der Waals surface area contributed by atoms with Crippen molar-refractivity contribution in [1.82, 2.24) is 4.90 Å². The number of nitrogens with one attached hydrogen (secondary N) is 1. The highest BCUT2D eigenvalue weighted by molar-refractivity contribution is 9.10. The Balaban J connectivity index is 1.89. The van der Waals surface area contributed by atoms with E-state index in [4.69, 9.17) is 0 Å². The third-order valence-corrected chi connectivity index (χ3v) is 3.87. The number of likely N-dealkylation sites (N-methyl/N-ethyl adjacent to an activating group) is 1. The lowest BCUT2D eigenvalue weighted by Crippen LogP contribution is -2.31. The molecule has 0 radical (unpaired) electrons. The Labute approximate surface area is 138 Å². The minimum atomic E-state index is -0.273. The molecule has 5 heteroatoms. The van der Waals surface area contributed by atoms with Crippen molar-refractivity contribution in [2.75, 3.05) is 18.9 Å². The van der Waals surface area contributed by atoms with Crippen LogP contribution in [0.3, 0.4) is 0 Å². The van der Waals surface area contributed by atoms with Gasteiger partial charge in [0.1, 0.15) is 5.82 Å². The van der Waals surface area contributed by atoms with Crippen molar-refractivity contribution in [1.29, 1.82) is 0 Å². The standard InChI is InChI=1S/C17H18BrFN2O/c1-12-9-14(18)5-8-16(12)20-10-17(22)21(2)11-13-3-6-15(19)7-4-13/h3-9,20H,10-11H2,1-2H3. The molecule has 0 bridgehead atoms. The second-order valence-corrected chi connectivity index (χ2v) is 6.10. The molecule has 2 aromatic carbocycles. The SMILES string of the molecule is Cc1cc(Br)ccc1NCC(=O)N(C)Cc1ccc(F)cc1. The van der Waals surface area contributed by atoms with E-state index >= 15 is 0 Å². The maximum absolute atomic E-state index is 12.9. The Morgan fingerprint density at radius 1 is 1.23 bits per heavy atom. The molecular weight excluding hydrogens is 347 g/mol. The number of hydrogen-bond donors (Lipinski definition) is 1. The fourth-order valence-electron chi connectivity index (χ4n) is 2.08. The Kier molecular flexibility index (Phi) is 5.55. The van der Waals surface area contributed by atoms with Crippen LogP contribution in [0.2, 0.25) is 0 Å². The summed E-state index contributed by atoms with van der Waals surface area (Å²) in [5.74, 6) is -0.295. The van der Waals surface area contributed by atoms with Gasteiger partial charge in [0.2, 0.25) is 5.91 Å². The highest BCUT2D eigenvalue weighted by atomic mass is 79.9. The average molecular weight is 365 g/mol. The first-order valence-corrected chi connectivity index (χ1v) is 7.73. The zero-order valence-electron chi connectivity index (χ0n) is 12.6. The van der Waals surface area contributed by atoms with Crippen molar-refractivity contribution in [3.8, 4) is 0 Å². The molecule has 2 rings (SSSR count). The molecule has 0 aliphatic heterocycles. The molecule has 0 unspecified atom stereocenters. The van der Waals surface area contributed by atoms with Crippen LogP contribution in [0, 0.1) is 12.7 Å². The zero-order valence-corrected chi connectivity index (χ0v) is 14.2. The smallest absolute Gasteiger partial charge is 0.241 e. The van der Waals surface area contributed by atoms with Crippen molar-refractivity contribution in [3.05, 3.63) is 63.9 Å². The zero-order chi connectivity index (χ0) is 16.1. The van der Waals surface area contributed by atoms with Gasteiger partial charge in [-0.2, -0.15) is 0 Å². The fraction of sp³-hybridized carbons (Fsp3) is 0.235. The van der Waals surface area contributed by atoms with E-state index in [2.05, 4.69) is 21.2 Å². The highest BCUT2D eigenvalue weighted by Gasteiger charge is 2.10. The summed E-state index contributed by atoms with van der Waals surface area (Å²) in [6.45, 7) is 2.67. The van der Waals surface area contributed by atoms with Crippen LogP contribution in [-0.2, 0) is 11.3 Å². The van der Waals surface area contributed by atoms with Gasteiger partial charge in [-0.3, -0.25) is 4.79 Å². The quantitative estimate of drug-likeness (QED) is 0.870. The van der Waals surface area contributed by atoms with E-state index in [-0.39, 0.29) is 18.3 Å². The van der Waals surface area contributed by atoms with Crippen LogP contribution in [-0.4, -0.2) is 24.4 Å². The maximum Gasteiger partial charge on any atom is 0.241 e. The number of nitrogens with zero attached hydrogens (tertiary/aromatic N) is 1. The monoisotopic (exact) mass is 364 g/mol. The van der Waals surface area contributed by atoms with Crippen LogP contribution >= 0.6 is 15.9 Å². The molecule has 0 aliphatic carbocycles. The minimum absolute atomic E-state index is 0.0216. The van der Waals surface area contributed by atoms with Gasteiger partial charge in [-0.15, -0.1) is 0 Å². The summed E-state index contributed by atoms with van der Waals surface area (Å²) in [6.07, 6.45) is 0. The molecule has 0 aromatic heterocycles. The first kappa shape index (κ1) is 16.5. The summed E-state index contributed by atoms with van der Waals surface area (Å²) in [7, 11) is 1.74. The average Bonchev–Trinajstić information content (AvgIpc) is 2.48. The molecule has 1 N–H and O–H groups in total. The van der Waals surface area contributed by atoms with Gasteiger partial charge in [-0.1, -0.05) is 28.1 Å². The van der Waals surface area contributed by atoms with Crippen LogP contribution < -0.4 is 5.32 Å². The number of rotatable bonds is 5. The molecule has 0 saturated heterocycles. The van der Waals surface area contributed by atoms with E-state index in [0.717, 1.165) is 21.3 Å². The van der Waals surface area contributed by atoms with Crippen LogP contribution in [0.25, 0.3) is 0 Å². The normalized spacial score (nSPS) is 10.4. The maximum atomic E-state index is 12.9. The highest BCUT2D eigenvalue weighted by Crippen LogP contribution is 2.19. The van der Waals surface area contributed by atoms with Crippen molar-refractivity contribution >= 4 is 27.5 Å². The van der Waals surface area contributed by atoms with Gasteiger partial charge in [0.25, 0.3) is 0 Å². The van der Waals surface area contributed by atoms with Gasteiger partial charge in [0.15, 0.2) is 0 Å². The van der Waals surface area contributed by atoms with Crippen LogP contribution in [0.5, 0.6) is 0 Å². The molecule has 2 aromatic rings. The predicted octanol–water partition coefficient (Wildman–Crippen LogP) is 3.97. The number of benzene rings is 2. The Morgan fingerprint density at radius 2 is 1.91 bits per heavy atom. The van der Waals surface area contributed by atoms with E-state index in [1.807, 2.05) is 25.1 Å². The lowest BCUT2D eigenvalue weighted by Gasteiger charge is -2.18. The summed E-state index contributed by atoms with van der Waals surface area (Å²) in [6, 6.07) is 12.0. The first-order valence-electron chi connectivity index (χ1n) is 6.94. The molecule has 0 spiro atoms. The lowest BCUT2D eigenvalue weighted by molar-refractivity contribution is -0.128. The van der Waals surface area contributed by atoms with Gasteiger partial charge in [0.05, 0.1) is 6.54 Å². The van der Waals surface area contributed by atoms with Crippen molar-refractivity contribution < 1.29 is 9.18 Å². The number of aryl methyl sites for hydroxylation is 1. The number of amides is 1. The number of carbonyl (C=O) groups excluding carboxylic acids is 1. The van der Waals surface area contributed by atoms with Crippen molar-refractivity contribution in [3.63, 3.8) is 0 Å². The summed E-state index contributed by atoms with van der Waals surface area (Å²) in [4.78, 5) is 13.8. The third-order valence-electron chi connectivity index (χ3n) is 3.38. The first-order chi connectivity index (χ1) is 10.5. The summed E-state index contributed by atoms with van der Waals surface area (Å²) in [5, 5.41) is 3.14. The molecule has 116 valence electrons. The fourth-order valence-corrected chi connectivity index (χ4v) is 2.56. The molecule has 3 nitrogen and oxygen atoms in total. The number of anilines is 1. The second kappa shape index (κ2) is 7.40. The van der Waals surface area contributed by atoms with Gasteiger partial charge >= 0.3 is 0 Å². The second-order valence-electron chi connectivity index (χ2n) is 5.19. The van der Waals surface area contributed by atoms with Crippen molar-refractivity contribution in [2.45, 2.75) is 13.5 Å². The van der Waals surface area contributed by atoms with E-state index in [1.165, 1.54) is 12.1 Å². The molecule has 1 amide bonds. The molecule has 0 aliphatic rings. The lowest BCUT2D eigenvalue weighted by atomic mass is 10.2. The largest absolute Gasteiger partial charge is 0.376 e. The molecule has 0 saturated carbocycles. The van der Waals surface area contributed by atoms with Crippen molar-refractivity contribution in [2.24, 2.45) is 0 Å². The minimum Gasteiger partial charge on any atom is -0.376 e. The van der Waals surface area contributed by atoms with E-state index < -0.39 is 0 Å². The molecule has 0 fully saturated rings. The van der Waals surface area contributed by atoms with Crippen LogP contribution in [0.1, 0.15) is 11.1 Å². The van der Waals surface area contributed by atoms with Gasteiger partial charge in [-0.25, -0.2) is 4.39 Å². The van der Waals surface area contributed by atoms with Gasteiger partial charge in [0, 0.05) is 23.8 Å². The molecule has 0 atom stereocenters. The predicted molar refractivity (Wildman–Crippen MR) is 90.2 cm³/mol. The Morgan fingerprint density at radius 3 is 2.55 bits per heavy atom. The number of halogens is 2. The Hall–Kier alpha value is -1.88. The molecule has 0 heterocycles. The van der Waals surface area contributed by atoms with Gasteiger partial charge in [-0.05, 0) is 48.4 Å². The summed E-state index contributed by atoms with van der Waals surface area (Å²) in [5.41, 5.74) is 2.91. The Bertz CT molecular complexity index is 658. The summed E-state index contributed by atoms with van der Waals surface area (Å²) < 4.78 is 13.9. The van der Waals surface area contributed by atoms with Gasteiger partial charge < -0.3 is 10.2 Å².